The van der Waals surface area contributed by atoms with Gasteiger partial charge in [0.05, 0.1) is 7.11 Å². The standard InChI is InChI=1S/C17H23N3O4/c1-20-12-6-7-13(20)15(16(21)23-2)14(9-12)24-17(22)19-11-5-3-4-10(18)8-11/h3-5,8,12-15H,6-7,9,18H2,1-2H3,(H,19,22)/t12-,13?,14+,15?/m1/s1. The predicted octanol–water partition coefficient (Wildman–Crippen LogP) is 1.84. The van der Waals surface area contributed by atoms with E-state index in [1.807, 2.05) is 7.05 Å². The molecule has 2 unspecified atom stereocenters. The lowest BCUT2D eigenvalue weighted by Gasteiger charge is -2.40. The Morgan fingerprint density at radius 3 is 2.83 bits per heavy atom. The molecule has 3 N–H and O–H groups in total. The van der Waals surface area contributed by atoms with E-state index in [-0.39, 0.29) is 12.0 Å². The van der Waals surface area contributed by atoms with Gasteiger partial charge in [-0.25, -0.2) is 4.79 Å². The quantitative estimate of drug-likeness (QED) is 0.647. The second-order valence-corrected chi connectivity index (χ2v) is 6.44. The molecule has 0 saturated carbocycles. The number of hydrogen-bond donors (Lipinski definition) is 2. The molecule has 0 radical (unpaired) electrons. The van der Waals surface area contributed by atoms with E-state index in [9.17, 15) is 9.59 Å². The van der Waals surface area contributed by atoms with Crippen molar-refractivity contribution in [3.63, 3.8) is 0 Å². The van der Waals surface area contributed by atoms with E-state index < -0.39 is 18.1 Å². The number of carbonyl (C=O) groups is 2. The van der Waals surface area contributed by atoms with Crippen molar-refractivity contribution in [3.05, 3.63) is 24.3 Å². The van der Waals surface area contributed by atoms with Crippen LogP contribution < -0.4 is 11.1 Å². The molecule has 7 heteroatoms. The largest absolute Gasteiger partial charge is 0.469 e. The molecule has 2 bridgehead atoms. The van der Waals surface area contributed by atoms with Crippen molar-refractivity contribution < 1.29 is 19.1 Å². The molecule has 7 nitrogen and oxygen atoms in total. The van der Waals surface area contributed by atoms with Gasteiger partial charge in [0, 0.05) is 29.9 Å². The van der Waals surface area contributed by atoms with Crippen LogP contribution in [0.15, 0.2) is 24.3 Å². The van der Waals surface area contributed by atoms with Crippen molar-refractivity contribution in [2.75, 3.05) is 25.2 Å². The summed E-state index contributed by atoms with van der Waals surface area (Å²) in [5, 5.41) is 2.66. The number of nitrogen functional groups attached to an aromatic ring is 1. The number of nitrogens with zero attached hydrogens (tertiary/aromatic N) is 1. The minimum Gasteiger partial charge on any atom is -0.469 e. The van der Waals surface area contributed by atoms with E-state index in [4.69, 9.17) is 15.2 Å². The van der Waals surface area contributed by atoms with Crippen LogP contribution in [-0.2, 0) is 14.3 Å². The van der Waals surface area contributed by atoms with Crippen LogP contribution >= 0.6 is 0 Å². The third kappa shape index (κ3) is 3.17. The summed E-state index contributed by atoms with van der Waals surface area (Å²) >= 11 is 0. The molecule has 1 aromatic rings. The van der Waals surface area contributed by atoms with Gasteiger partial charge in [0.2, 0.25) is 0 Å². The maximum atomic E-state index is 12.2. The van der Waals surface area contributed by atoms with Crippen LogP contribution in [0.3, 0.4) is 0 Å². The van der Waals surface area contributed by atoms with Gasteiger partial charge in [-0.05, 0) is 38.1 Å². The van der Waals surface area contributed by atoms with Crippen LogP contribution in [0, 0.1) is 5.92 Å². The zero-order valence-electron chi connectivity index (χ0n) is 13.9. The molecule has 0 aliphatic carbocycles. The van der Waals surface area contributed by atoms with Gasteiger partial charge in [0.25, 0.3) is 0 Å². The van der Waals surface area contributed by atoms with Gasteiger partial charge in [-0.1, -0.05) is 6.07 Å². The first kappa shape index (κ1) is 16.6. The van der Waals surface area contributed by atoms with Crippen molar-refractivity contribution in [2.24, 2.45) is 5.92 Å². The van der Waals surface area contributed by atoms with E-state index in [2.05, 4.69) is 10.2 Å². The van der Waals surface area contributed by atoms with Crippen LogP contribution in [0.25, 0.3) is 0 Å². The fraction of sp³-hybridized carbons (Fsp3) is 0.529. The predicted molar refractivity (Wildman–Crippen MR) is 89.4 cm³/mol. The van der Waals surface area contributed by atoms with E-state index in [0.29, 0.717) is 23.8 Å². The van der Waals surface area contributed by atoms with Gasteiger partial charge in [-0.2, -0.15) is 0 Å². The molecule has 2 aliphatic rings. The van der Waals surface area contributed by atoms with Gasteiger partial charge in [-0.3, -0.25) is 15.0 Å². The van der Waals surface area contributed by atoms with E-state index >= 15 is 0 Å². The average molecular weight is 333 g/mol. The molecule has 2 saturated heterocycles. The molecule has 1 amide bonds. The van der Waals surface area contributed by atoms with Gasteiger partial charge >= 0.3 is 12.1 Å². The minimum absolute atomic E-state index is 0.0568. The number of nitrogens with two attached hydrogens (primary N) is 1. The highest BCUT2D eigenvalue weighted by Gasteiger charge is 2.50. The Hall–Kier alpha value is -2.28. The number of piperidine rings is 1. The number of methoxy groups -OCH3 is 1. The lowest BCUT2D eigenvalue weighted by atomic mass is 9.87. The Bertz CT molecular complexity index is 636. The van der Waals surface area contributed by atoms with Gasteiger partial charge in [0.1, 0.15) is 12.0 Å². The number of esters is 1. The van der Waals surface area contributed by atoms with Crippen molar-refractivity contribution >= 4 is 23.4 Å². The van der Waals surface area contributed by atoms with Crippen molar-refractivity contribution in [3.8, 4) is 0 Å². The van der Waals surface area contributed by atoms with Crippen molar-refractivity contribution in [1.29, 1.82) is 0 Å². The monoisotopic (exact) mass is 333 g/mol. The van der Waals surface area contributed by atoms with Crippen LogP contribution in [-0.4, -0.2) is 49.3 Å². The Morgan fingerprint density at radius 2 is 2.12 bits per heavy atom. The zero-order chi connectivity index (χ0) is 17.3. The van der Waals surface area contributed by atoms with Crippen LogP contribution in [0.5, 0.6) is 0 Å². The summed E-state index contributed by atoms with van der Waals surface area (Å²) in [6.45, 7) is 0. The molecule has 3 rings (SSSR count). The van der Waals surface area contributed by atoms with Crippen LogP contribution in [0.2, 0.25) is 0 Å². The minimum atomic E-state index is -0.580. The lowest BCUT2D eigenvalue weighted by Crippen LogP contribution is -2.53. The third-order valence-corrected chi connectivity index (χ3v) is 5.08. The molecule has 24 heavy (non-hydrogen) atoms. The van der Waals surface area contributed by atoms with Crippen LogP contribution in [0.4, 0.5) is 16.2 Å². The van der Waals surface area contributed by atoms with E-state index in [1.165, 1.54) is 7.11 Å². The Balaban J connectivity index is 1.70. The number of rotatable bonds is 3. The lowest BCUT2D eigenvalue weighted by molar-refractivity contribution is -0.155. The summed E-state index contributed by atoms with van der Waals surface area (Å²) in [5.74, 6) is -0.778. The van der Waals surface area contributed by atoms with Crippen molar-refractivity contribution in [2.45, 2.75) is 37.5 Å². The Labute approximate surface area is 141 Å². The SMILES string of the molecule is COC(=O)C1C2CC[C@H](C[C@@H]1OC(=O)Nc1cccc(N)c1)N2C. The second kappa shape index (κ2) is 6.68. The molecule has 0 aromatic heterocycles. The Morgan fingerprint density at radius 1 is 1.33 bits per heavy atom. The Kier molecular flexibility index (Phi) is 4.62. The number of fused-ring (bicyclic) bond motifs is 2. The van der Waals surface area contributed by atoms with Gasteiger partial charge in [0.15, 0.2) is 0 Å². The average Bonchev–Trinajstić information content (AvgIpc) is 2.78. The molecule has 4 atom stereocenters. The first-order valence-corrected chi connectivity index (χ1v) is 8.12. The number of ether oxygens (including phenoxy) is 2. The molecular formula is C17H23N3O4. The summed E-state index contributed by atoms with van der Waals surface area (Å²) in [7, 11) is 3.38. The topological polar surface area (TPSA) is 93.9 Å². The van der Waals surface area contributed by atoms with E-state index in [0.717, 1.165) is 12.8 Å². The highest BCUT2D eigenvalue weighted by Crippen LogP contribution is 2.40. The first-order valence-electron chi connectivity index (χ1n) is 8.12. The fourth-order valence-electron chi connectivity index (χ4n) is 3.89. The number of anilines is 2. The summed E-state index contributed by atoms with van der Waals surface area (Å²) in [4.78, 5) is 26.6. The number of carbonyl (C=O) groups excluding carboxylic acids is 2. The number of benzene rings is 1. The molecule has 2 aliphatic heterocycles. The number of amides is 1. The summed E-state index contributed by atoms with van der Waals surface area (Å²) < 4.78 is 10.5. The smallest absolute Gasteiger partial charge is 0.411 e. The first-order chi connectivity index (χ1) is 11.5. The highest BCUT2D eigenvalue weighted by molar-refractivity contribution is 5.85. The summed E-state index contributed by atoms with van der Waals surface area (Å²) in [6.07, 6.45) is 1.50. The number of hydrogen-bond acceptors (Lipinski definition) is 6. The molecule has 2 fully saturated rings. The second-order valence-electron chi connectivity index (χ2n) is 6.44. The highest BCUT2D eigenvalue weighted by atomic mass is 16.6. The molecule has 1 aromatic carbocycles. The molecular weight excluding hydrogens is 310 g/mol. The molecule has 2 heterocycles. The normalized spacial score (nSPS) is 29.1. The summed E-state index contributed by atoms with van der Waals surface area (Å²) in [5.41, 5.74) is 6.81. The van der Waals surface area contributed by atoms with Crippen molar-refractivity contribution in [1.82, 2.24) is 4.90 Å². The van der Waals surface area contributed by atoms with E-state index in [1.54, 1.807) is 24.3 Å². The van der Waals surface area contributed by atoms with Gasteiger partial charge in [-0.15, -0.1) is 0 Å². The maximum absolute atomic E-state index is 12.2. The van der Waals surface area contributed by atoms with Crippen LogP contribution in [0.1, 0.15) is 19.3 Å². The fourth-order valence-corrected chi connectivity index (χ4v) is 3.89. The summed E-state index contributed by atoms with van der Waals surface area (Å²) in [6, 6.07) is 7.25. The number of nitrogens with one attached hydrogen (secondary N) is 1. The molecule has 130 valence electrons. The maximum Gasteiger partial charge on any atom is 0.411 e. The zero-order valence-corrected chi connectivity index (χ0v) is 13.9. The van der Waals surface area contributed by atoms with Gasteiger partial charge < -0.3 is 15.2 Å². The molecule has 0 spiro atoms. The third-order valence-electron chi connectivity index (χ3n) is 5.08.